The molecule has 16 heavy (non-hydrogen) atoms. The maximum atomic E-state index is 6.06. The molecule has 0 atom stereocenters. The fourth-order valence-corrected chi connectivity index (χ4v) is 1.86. The molecule has 0 fully saturated rings. The normalized spacial score (nSPS) is 10.7. The number of nitrogens with zero attached hydrogens (tertiary/aromatic N) is 3. The smallest absolute Gasteiger partial charge is 0.130 e. The highest BCUT2D eigenvalue weighted by molar-refractivity contribution is 6.35. The lowest BCUT2D eigenvalue weighted by molar-refractivity contribution is 0.839. The number of halogens is 1. The van der Waals surface area contributed by atoms with Crippen LogP contribution in [0.4, 0.5) is 5.82 Å². The number of aromatic nitrogens is 2. The van der Waals surface area contributed by atoms with Crippen molar-refractivity contribution in [3.63, 3.8) is 0 Å². The lowest BCUT2D eigenvalue weighted by Gasteiger charge is -2.17. The first-order chi connectivity index (χ1) is 7.72. The molecule has 0 saturated heterocycles. The number of fused-ring (bicyclic) bond motifs is 1. The van der Waals surface area contributed by atoms with Crippen molar-refractivity contribution in [2.45, 2.75) is 13.3 Å². The topological polar surface area (TPSA) is 29.0 Å². The second kappa shape index (κ2) is 4.66. The van der Waals surface area contributed by atoms with Crippen molar-refractivity contribution in [2.75, 3.05) is 18.5 Å². The average molecular weight is 236 g/mol. The summed E-state index contributed by atoms with van der Waals surface area (Å²) in [6.07, 6.45) is 4.60. The number of hydrogen-bond acceptors (Lipinski definition) is 3. The van der Waals surface area contributed by atoms with E-state index in [-0.39, 0.29) is 0 Å². The van der Waals surface area contributed by atoms with Gasteiger partial charge in [-0.15, -0.1) is 0 Å². The molecule has 2 aromatic rings. The van der Waals surface area contributed by atoms with Crippen LogP contribution < -0.4 is 4.90 Å². The predicted molar refractivity (Wildman–Crippen MR) is 68.1 cm³/mol. The van der Waals surface area contributed by atoms with E-state index in [0.717, 1.165) is 29.7 Å². The molecule has 0 radical (unpaired) electrons. The second-order valence-corrected chi connectivity index (χ2v) is 4.18. The van der Waals surface area contributed by atoms with Crippen molar-refractivity contribution in [3.8, 4) is 0 Å². The predicted octanol–water partition coefficient (Wildman–Crippen LogP) is 3.13. The molecule has 0 bridgehead atoms. The Morgan fingerprint density at radius 3 is 2.94 bits per heavy atom. The molecule has 0 aliphatic rings. The Kier molecular flexibility index (Phi) is 3.25. The molecule has 84 valence electrons. The van der Waals surface area contributed by atoms with Gasteiger partial charge in [0, 0.05) is 37.4 Å². The third-order valence-electron chi connectivity index (χ3n) is 2.51. The molecule has 0 aliphatic heterocycles. The highest BCUT2D eigenvalue weighted by atomic mass is 35.5. The zero-order chi connectivity index (χ0) is 11.5. The number of hydrogen-bond donors (Lipinski definition) is 0. The number of rotatable bonds is 3. The Labute approximate surface area is 100 Å². The van der Waals surface area contributed by atoms with Crippen LogP contribution in [0.1, 0.15) is 13.3 Å². The fraction of sp³-hybridized carbons (Fsp3) is 0.333. The van der Waals surface area contributed by atoms with Crippen LogP contribution in [-0.4, -0.2) is 23.6 Å². The lowest BCUT2D eigenvalue weighted by atomic mass is 10.2. The van der Waals surface area contributed by atoms with Crippen LogP contribution in [0, 0.1) is 0 Å². The second-order valence-electron chi connectivity index (χ2n) is 3.77. The van der Waals surface area contributed by atoms with Crippen LogP contribution >= 0.6 is 11.6 Å². The van der Waals surface area contributed by atoms with E-state index in [1.807, 2.05) is 13.1 Å². The molecule has 0 aliphatic carbocycles. The minimum Gasteiger partial charge on any atom is -0.360 e. The van der Waals surface area contributed by atoms with Crippen molar-refractivity contribution >= 4 is 28.3 Å². The molecular formula is C12H14ClN3. The lowest BCUT2D eigenvalue weighted by Crippen LogP contribution is -2.18. The molecule has 0 saturated carbocycles. The number of anilines is 1. The van der Waals surface area contributed by atoms with Crippen LogP contribution in [0.3, 0.4) is 0 Å². The highest BCUT2D eigenvalue weighted by Gasteiger charge is 2.05. The van der Waals surface area contributed by atoms with Gasteiger partial charge < -0.3 is 4.90 Å². The van der Waals surface area contributed by atoms with E-state index in [1.54, 1.807) is 18.5 Å². The summed E-state index contributed by atoms with van der Waals surface area (Å²) in [5, 5.41) is 1.60. The zero-order valence-electron chi connectivity index (χ0n) is 9.44. The van der Waals surface area contributed by atoms with Crippen molar-refractivity contribution in [2.24, 2.45) is 0 Å². The Hall–Kier alpha value is -1.35. The molecule has 0 amide bonds. The molecule has 2 aromatic heterocycles. The first-order valence-corrected chi connectivity index (χ1v) is 5.71. The maximum absolute atomic E-state index is 6.06. The van der Waals surface area contributed by atoms with Crippen molar-refractivity contribution in [1.82, 2.24) is 9.97 Å². The monoisotopic (exact) mass is 235 g/mol. The molecule has 2 rings (SSSR count). The molecular weight excluding hydrogens is 222 g/mol. The summed E-state index contributed by atoms with van der Waals surface area (Å²) >= 11 is 6.06. The van der Waals surface area contributed by atoms with Crippen LogP contribution in [0.25, 0.3) is 10.9 Å². The SMILES string of the molecule is CCCN(C)c1cc2nccc(Cl)c2cn1. The van der Waals surface area contributed by atoms with E-state index in [1.165, 1.54) is 0 Å². The summed E-state index contributed by atoms with van der Waals surface area (Å²) in [4.78, 5) is 10.8. The summed E-state index contributed by atoms with van der Waals surface area (Å²) in [5.74, 6) is 0.934. The van der Waals surface area contributed by atoms with E-state index in [4.69, 9.17) is 11.6 Å². The van der Waals surface area contributed by atoms with Crippen molar-refractivity contribution < 1.29 is 0 Å². The van der Waals surface area contributed by atoms with Gasteiger partial charge in [-0.3, -0.25) is 4.98 Å². The van der Waals surface area contributed by atoms with Crippen LogP contribution in [0.2, 0.25) is 5.02 Å². The van der Waals surface area contributed by atoms with Gasteiger partial charge in [0.25, 0.3) is 0 Å². The molecule has 0 N–H and O–H groups in total. The Morgan fingerprint density at radius 2 is 2.19 bits per heavy atom. The minimum atomic E-state index is 0.696. The molecule has 0 unspecified atom stereocenters. The van der Waals surface area contributed by atoms with Gasteiger partial charge in [-0.25, -0.2) is 4.98 Å². The van der Waals surface area contributed by atoms with Gasteiger partial charge in [-0.2, -0.15) is 0 Å². The average Bonchev–Trinajstić information content (AvgIpc) is 2.29. The molecule has 4 heteroatoms. The summed E-state index contributed by atoms with van der Waals surface area (Å²) in [5.41, 5.74) is 0.889. The minimum absolute atomic E-state index is 0.696. The standard InChI is InChI=1S/C12H14ClN3/c1-3-6-16(2)12-7-11-9(8-15-12)10(13)4-5-14-11/h4-5,7-8H,3,6H2,1-2H3. The third kappa shape index (κ3) is 2.09. The molecule has 0 aromatic carbocycles. The fourth-order valence-electron chi connectivity index (χ4n) is 1.66. The van der Waals surface area contributed by atoms with Gasteiger partial charge in [0.2, 0.25) is 0 Å². The Bertz CT molecular complexity index is 499. The first-order valence-electron chi connectivity index (χ1n) is 5.33. The summed E-state index contributed by atoms with van der Waals surface area (Å²) in [7, 11) is 2.03. The van der Waals surface area contributed by atoms with Gasteiger partial charge in [0.05, 0.1) is 10.5 Å². The summed E-state index contributed by atoms with van der Waals surface area (Å²) in [6, 6.07) is 3.75. The Balaban J connectivity index is 2.44. The summed E-state index contributed by atoms with van der Waals surface area (Å²) < 4.78 is 0. The highest BCUT2D eigenvalue weighted by Crippen LogP contribution is 2.23. The largest absolute Gasteiger partial charge is 0.360 e. The van der Waals surface area contributed by atoms with Crippen LogP contribution in [0.15, 0.2) is 24.5 Å². The zero-order valence-corrected chi connectivity index (χ0v) is 10.2. The molecule has 3 nitrogen and oxygen atoms in total. The van der Waals surface area contributed by atoms with Gasteiger partial charge in [0.1, 0.15) is 5.82 Å². The van der Waals surface area contributed by atoms with Gasteiger partial charge in [-0.1, -0.05) is 18.5 Å². The van der Waals surface area contributed by atoms with E-state index in [9.17, 15) is 0 Å². The molecule has 0 spiro atoms. The quantitative estimate of drug-likeness (QED) is 0.819. The van der Waals surface area contributed by atoms with Crippen LogP contribution in [-0.2, 0) is 0 Å². The van der Waals surface area contributed by atoms with Crippen molar-refractivity contribution in [1.29, 1.82) is 0 Å². The third-order valence-corrected chi connectivity index (χ3v) is 2.84. The number of pyridine rings is 2. The Morgan fingerprint density at radius 1 is 1.38 bits per heavy atom. The van der Waals surface area contributed by atoms with E-state index in [2.05, 4.69) is 21.8 Å². The van der Waals surface area contributed by atoms with E-state index in [0.29, 0.717) is 5.02 Å². The summed E-state index contributed by atoms with van der Waals surface area (Å²) in [6.45, 7) is 3.13. The molecule has 2 heterocycles. The van der Waals surface area contributed by atoms with Gasteiger partial charge in [-0.05, 0) is 12.5 Å². The maximum Gasteiger partial charge on any atom is 0.130 e. The van der Waals surface area contributed by atoms with E-state index >= 15 is 0 Å². The van der Waals surface area contributed by atoms with Gasteiger partial charge >= 0.3 is 0 Å². The first kappa shape index (κ1) is 11.1. The van der Waals surface area contributed by atoms with Gasteiger partial charge in [0.15, 0.2) is 0 Å². The van der Waals surface area contributed by atoms with Crippen molar-refractivity contribution in [3.05, 3.63) is 29.5 Å². The van der Waals surface area contributed by atoms with E-state index < -0.39 is 0 Å². The van der Waals surface area contributed by atoms with Crippen LogP contribution in [0.5, 0.6) is 0 Å².